The number of piperazine rings is 1. The van der Waals surface area contributed by atoms with E-state index in [-0.39, 0.29) is 12.0 Å². The van der Waals surface area contributed by atoms with Gasteiger partial charge < -0.3 is 15.0 Å². The first-order valence-corrected chi connectivity index (χ1v) is 6.01. The third-order valence-corrected chi connectivity index (χ3v) is 3.84. The number of carbonyl (C=O) groups is 1. The zero-order valence-electron chi connectivity index (χ0n) is 8.95. The summed E-state index contributed by atoms with van der Waals surface area (Å²) in [5.41, 5.74) is 0. The van der Waals surface area contributed by atoms with E-state index in [9.17, 15) is 4.79 Å². The molecule has 3 fully saturated rings. The molecule has 2 bridgehead atoms. The molecule has 15 heavy (non-hydrogen) atoms. The van der Waals surface area contributed by atoms with Crippen LogP contribution in [-0.2, 0) is 9.53 Å². The first-order chi connectivity index (χ1) is 7.36. The van der Waals surface area contributed by atoms with Crippen molar-refractivity contribution in [1.29, 1.82) is 0 Å². The van der Waals surface area contributed by atoms with Gasteiger partial charge in [0.2, 0.25) is 0 Å². The lowest BCUT2D eigenvalue weighted by molar-refractivity contribution is -0.144. The monoisotopic (exact) mass is 210 g/mol. The number of nitrogens with one attached hydrogen (secondary N) is 1. The molecular weight excluding hydrogens is 192 g/mol. The summed E-state index contributed by atoms with van der Waals surface area (Å²) >= 11 is 0. The van der Waals surface area contributed by atoms with E-state index in [1.807, 2.05) is 0 Å². The summed E-state index contributed by atoms with van der Waals surface area (Å²) in [6, 6.07) is 0.862. The summed E-state index contributed by atoms with van der Waals surface area (Å²) in [6.45, 7) is 2.70. The topological polar surface area (TPSA) is 41.6 Å². The van der Waals surface area contributed by atoms with Crippen molar-refractivity contribution >= 4 is 5.91 Å². The minimum atomic E-state index is -0.133. The molecule has 4 heteroatoms. The van der Waals surface area contributed by atoms with Gasteiger partial charge in [0, 0.05) is 31.8 Å². The highest BCUT2D eigenvalue weighted by molar-refractivity contribution is 5.82. The number of carbonyl (C=O) groups excluding carboxylic acids is 1. The zero-order valence-corrected chi connectivity index (χ0v) is 8.95. The number of amides is 1. The van der Waals surface area contributed by atoms with Crippen molar-refractivity contribution in [2.24, 2.45) is 0 Å². The molecule has 3 saturated heterocycles. The fourth-order valence-electron chi connectivity index (χ4n) is 3.08. The normalized spacial score (nSPS) is 39.7. The summed E-state index contributed by atoms with van der Waals surface area (Å²) in [4.78, 5) is 14.3. The quantitative estimate of drug-likeness (QED) is 0.669. The molecule has 0 aromatic rings. The molecule has 0 aromatic heterocycles. The van der Waals surface area contributed by atoms with E-state index in [4.69, 9.17) is 4.74 Å². The van der Waals surface area contributed by atoms with E-state index < -0.39 is 0 Å². The van der Waals surface area contributed by atoms with E-state index in [0.29, 0.717) is 12.1 Å². The van der Waals surface area contributed by atoms with Gasteiger partial charge in [-0.3, -0.25) is 4.79 Å². The predicted octanol–water partition coefficient (Wildman–Crippen LogP) is 0.128. The number of nitrogens with zero attached hydrogens (tertiary/aromatic N) is 1. The van der Waals surface area contributed by atoms with Crippen LogP contribution in [0.5, 0.6) is 0 Å². The lowest BCUT2D eigenvalue weighted by Gasteiger charge is -2.36. The summed E-state index contributed by atoms with van der Waals surface area (Å²) < 4.78 is 5.48. The maximum absolute atomic E-state index is 12.2. The molecular formula is C11H18N2O2. The van der Waals surface area contributed by atoms with Crippen LogP contribution >= 0.6 is 0 Å². The Hall–Kier alpha value is -0.610. The van der Waals surface area contributed by atoms with E-state index >= 15 is 0 Å². The zero-order chi connectivity index (χ0) is 10.3. The van der Waals surface area contributed by atoms with Crippen LogP contribution in [0.3, 0.4) is 0 Å². The molecule has 0 radical (unpaired) electrons. The maximum Gasteiger partial charge on any atom is 0.252 e. The van der Waals surface area contributed by atoms with Crippen molar-refractivity contribution in [2.45, 2.75) is 43.9 Å². The van der Waals surface area contributed by atoms with Crippen LogP contribution in [0.4, 0.5) is 0 Å². The Bertz CT molecular complexity index is 247. The van der Waals surface area contributed by atoms with Crippen molar-refractivity contribution in [3.63, 3.8) is 0 Å². The Morgan fingerprint density at radius 2 is 1.93 bits per heavy atom. The summed E-state index contributed by atoms with van der Waals surface area (Å²) in [5, 5.41) is 3.39. The molecule has 0 saturated carbocycles. The van der Waals surface area contributed by atoms with Crippen LogP contribution in [0.25, 0.3) is 0 Å². The molecule has 3 atom stereocenters. The van der Waals surface area contributed by atoms with E-state index in [1.165, 1.54) is 0 Å². The van der Waals surface area contributed by atoms with Gasteiger partial charge in [0.15, 0.2) is 0 Å². The van der Waals surface area contributed by atoms with Gasteiger partial charge in [-0.2, -0.15) is 0 Å². The van der Waals surface area contributed by atoms with Gasteiger partial charge >= 0.3 is 0 Å². The number of ether oxygens (including phenoxy) is 1. The molecule has 3 aliphatic rings. The van der Waals surface area contributed by atoms with Crippen molar-refractivity contribution in [3.05, 3.63) is 0 Å². The second-order valence-electron chi connectivity index (χ2n) is 4.79. The fourth-order valence-corrected chi connectivity index (χ4v) is 3.08. The van der Waals surface area contributed by atoms with Gasteiger partial charge in [-0.15, -0.1) is 0 Å². The van der Waals surface area contributed by atoms with Crippen LogP contribution in [-0.4, -0.2) is 48.7 Å². The van der Waals surface area contributed by atoms with Crippen molar-refractivity contribution in [2.75, 3.05) is 19.7 Å². The summed E-state index contributed by atoms with van der Waals surface area (Å²) in [5.74, 6) is 0.251. The number of hydrogen-bond acceptors (Lipinski definition) is 3. The third-order valence-electron chi connectivity index (χ3n) is 3.84. The molecule has 3 rings (SSSR count). The second-order valence-corrected chi connectivity index (χ2v) is 4.79. The van der Waals surface area contributed by atoms with Gasteiger partial charge in [-0.1, -0.05) is 0 Å². The Balaban J connectivity index is 1.73. The van der Waals surface area contributed by atoms with Crippen LogP contribution in [0, 0.1) is 0 Å². The Labute approximate surface area is 90.0 Å². The second kappa shape index (κ2) is 3.76. The van der Waals surface area contributed by atoms with Crippen molar-refractivity contribution < 1.29 is 9.53 Å². The highest BCUT2D eigenvalue weighted by Gasteiger charge is 2.42. The molecule has 0 spiro atoms. The Morgan fingerprint density at radius 1 is 1.20 bits per heavy atom. The maximum atomic E-state index is 12.2. The molecule has 3 aliphatic heterocycles. The van der Waals surface area contributed by atoms with Crippen LogP contribution in [0.15, 0.2) is 0 Å². The molecule has 4 nitrogen and oxygen atoms in total. The summed E-state index contributed by atoms with van der Waals surface area (Å²) in [6.07, 6.45) is 4.15. The smallest absolute Gasteiger partial charge is 0.252 e. The lowest BCUT2D eigenvalue weighted by Crippen LogP contribution is -2.56. The minimum absolute atomic E-state index is 0.133. The van der Waals surface area contributed by atoms with Gasteiger partial charge in [0.1, 0.15) is 6.10 Å². The number of hydrogen-bond donors (Lipinski definition) is 1. The van der Waals surface area contributed by atoms with Gasteiger partial charge in [-0.25, -0.2) is 0 Å². The molecule has 2 unspecified atom stereocenters. The predicted molar refractivity (Wildman–Crippen MR) is 55.5 cm³/mol. The SMILES string of the molecule is O=C([C@@H]1CCCO1)N1C2CCC1CNC2. The van der Waals surface area contributed by atoms with E-state index in [1.54, 1.807) is 0 Å². The highest BCUT2D eigenvalue weighted by atomic mass is 16.5. The van der Waals surface area contributed by atoms with Gasteiger partial charge in [-0.05, 0) is 25.7 Å². The fraction of sp³-hybridized carbons (Fsp3) is 0.909. The van der Waals surface area contributed by atoms with E-state index in [2.05, 4.69) is 10.2 Å². The average Bonchev–Trinajstić information content (AvgIpc) is 2.85. The minimum Gasteiger partial charge on any atom is -0.368 e. The summed E-state index contributed by atoms with van der Waals surface area (Å²) in [7, 11) is 0. The largest absolute Gasteiger partial charge is 0.368 e. The molecule has 3 heterocycles. The Kier molecular flexibility index (Phi) is 2.41. The molecule has 1 N–H and O–H groups in total. The highest BCUT2D eigenvalue weighted by Crippen LogP contribution is 2.29. The Morgan fingerprint density at radius 3 is 2.53 bits per heavy atom. The molecule has 0 aliphatic carbocycles. The van der Waals surface area contributed by atoms with Crippen molar-refractivity contribution in [3.8, 4) is 0 Å². The van der Waals surface area contributed by atoms with Crippen LogP contribution in [0.2, 0.25) is 0 Å². The molecule has 1 amide bonds. The van der Waals surface area contributed by atoms with Gasteiger partial charge in [0.05, 0.1) is 0 Å². The van der Waals surface area contributed by atoms with Gasteiger partial charge in [0.25, 0.3) is 5.91 Å². The first-order valence-electron chi connectivity index (χ1n) is 6.01. The van der Waals surface area contributed by atoms with Crippen LogP contribution in [0.1, 0.15) is 25.7 Å². The first kappa shape index (κ1) is 9.60. The lowest BCUT2D eigenvalue weighted by atomic mass is 10.1. The van der Waals surface area contributed by atoms with Crippen LogP contribution < -0.4 is 5.32 Å². The van der Waals surface area contributed by atoms with Crippen molar-refractivity contribution in [1.82, 2.24) is 10.2 Å². The standard InChI is InChI=1S/C11H18N2O2/c14-11(10-2-1-5-15-10)13-8-3-4-9(13)7-12-6-8/h8-10,12H,1-7H2/t8?,9?,10-/m0/s1. The third kappa shape index (κ3) is 1.56. The number of rotatable bonds is 1. The number of fused-ring (bicyclic) bond motifs is 2. The molecule has 0 aromatic carbocycles. The molecule has 84 valence electrons. The van der Waals surface area contributed by atoms with E-state index in [0.717, 1.165) is 45.4 Å². The average molecular weight is 210 g/mol.